The minimum absolute atomic E-state index is 0.157. The highest BCUT2D eigenvalue weighted by Gasteiger charge is 2.27. The Hall–Kier alpha value is -0.420. The molecule has 1 unspecified atom stereocenters. The predicted molar refractivity (Wildman–Crippen MR) is 76.5 cm³/mol. The Balaban J connectivity index is 3.18. The Morgan fingerprint density at radius 1 is 1.44 bits per heavy atom. The van der Waals surface area contributed by atoms with E-state index in [1.54, 1.807) is 19.1 Å². The third-order valence-electron chi connectivity index (χ3n) is 2.56. The van der Waals surface area contributed by atoms with Crippen molar-refractivity contribution in [1.29, 1.82) is 5.26 Å². The van der Waals surface area contributed by atoms with Gasteiger partial charge in [0.25, 0.3) is 0 Å². The van der Waals surface area contributed by atoms with E-state index in [2.05, 4.69) is 31.9 Å². The molecule has 0 bridgehead atoms. The van der Waals surface area contributed by atoms with E-state index in [-0.39, 0.29) is 17.4 Å². The van der Waals surface area contributed by atoms with Gasteiger partial charge >= 0.3 is 0 Å². The first-order valence-corrected chi connectivity index (χ1v) is 8.13. The Bertz CT molecular complexity index is 581. The Morgan fingerprint density at radius 2 is 2.06 bits per heavy atom. The Morgan fingerprint density at radius 3 is 2.56 bits per heavy atom. The average molecular weight is 396 g/mol. The molecule has 18 heavy (non-hydrogen) atoms. The van der Waals surface area contributed by atoms with Gasteiger partial charge in [-0.2, -0.15) is 9.57 Å². The fourth-order valence-corrected chi connectivity index (χ4v) is 4.40. The van der Waals surface area contributed by atoms with Crippen LogP contribution in [0.5, 0.6) is 0 Å². The van der Waals surface area contributed by atoms with E-state index in [4.69, 9.17) is 5.26 Å². The maximum absolute atomic E-state index is 12.4. The maximum atomic E-state index is 12.4. The molecule has 0 aromatic heterocycles. The van der Waals surface area contributed by atoms with Gasteiger partial charge in [-0.15, -0.1) is 0 Å². The number of sulfonamides is 1. The summed E-state index contributed by atoms with van der Waals surface area (Å²) in [7, 11) is -2.12. The molecular weight excluding hydrogens is 384 g/mol. The molecule has 0 saturated carbocycles. The summed E-state index contributed by atoms with van der Waals surface area (Å²) in [5, 5.41) is 8.63. The van der Waals surface area contributed by atoms with Gasteiger partial charge < -0.3 is 0 Å². The summed E-state index contributed by atoms with van der Waals surface area (Å²) >= 11 is 6.51. The van der Waals surface area contributed by atoms with E-state index < -0.39 is 10.0 Å². The molecule has 0 fully saturated rings. The number of hydrogen-bond acceptors (Lipinski definition) is 3. The van der Waals surface area contributed by atoms with E-state index >= 15 is 0 Å². The third-order valence-corrected chi connectivity index (χ3v) is 6.00. The van der Waals surface area contributed by atoms with Crippen LogP contribution in [0.15, 0.2) is 32.0 Å². The van der Waals surface area contributed by atoms with Crippen LogP contribution in [0.4, 0.5) is 0 Å². The van der Waals surface area contributed by atoms with Gasteiger partial charge in [-0.1, -0.05) is 15.9 Å². The molecule has 0 aliphatic carbocycles. The van der Waals surface area contributed by atoms with Crippen LogP contribution in [0.2, 0.25) is 0 Å². The van der Waals surface area contributed by atoms with E-state index in [0.717, 1.165) is 4.47 Å². The standard InChI is InChI=1S/C11H12Br2N2O2S/c1-8(5-6-14)15(2)18(16,17)11-4-3-9(12)7-10(11)13/h3-4,7-8H,5H2,1-2H3. The van der Waals surface area contributed by atoms with Crippen molar-refractivity contribution in [2.75, 3.05) is 7.05 Å². The summed E-state index contributed by atoms with van der Waals surface area (Å²) in [5.74, 6) is 0. The van der Waals surface area contributed by atoms with Crippen LogP contribution >= 0.6 is 31.9 Å². The Labute approximate surface area is 124 Å². The lowest BCUT2D eigenvalue weighted by atomic mass is 10.3. The number of halogens is 2. The summed E-state index contributed by atoms with van der Waals surface area (Å²) in [6.07, 6.45) is 0.157. The topological polar surface area (TPSA) is 61.2 Å². The molecule has 0 aliphatic heterocycles. The fraction of sp³-hybridized carbons (Fsp3) is 0.364. The molecular formula is C11H12Br2N2O2S. The quantitative estimate of drug-likeness (QED) is 0.786. The number of nitriles is 1. The second-order valence-electron chi connectivity index (χ2n) is 3.81. The molecule has 0 amide bonds. The van der Waals surface area contributed by atoms with Crippen LogP contribution in [-0.2, 0) is 10.0 Å². The highest BCUT2D eigenvalue weighted by Crippen LogP contribution is 2.28. The van der Waals surface area contributed by atoms with Gasteiger partial charge in [0.15, 0.2) is 0 Å². The van der Waals surface area contributed by atoms with Crippen molar-refractivity contribution < 1.29 is 8.42 Å². The van der Waals surface area contributed by atoms with Crippen LogP contribution in [0, 0.1) is 11.3 Å². The molecule has 98 valence electrons. The van der Waals surface area contributed by atoms with Gasteiger partial charge in [-0.05, 0) is 41.1 Å². The molecule has 1 rings (SSSR count). The van der Waals surface area contributed by atoms with E-state index in [9.17, 15) is 8.42 Å². The van der Waals surface area contributed by atoms with Crippen LogP contribution < -0.4 is 0 Å². The van der Waals surface area contributed by atoms with Crippen molar-refractivity contribution in [3.05, 3.63) is 27.1 Å². The molecule has 0 N–H and O–H groups in total. The molecule has 0 spiro atoms. The SMILES string of the molecule is CC(CC#N)N(C)S(=O)(=O)c1ccc(Br)cc1Br. The Kier molecular flexibility index (Phi) is 5.34. The normalized spacial score (nSPS) is 13.3. The minimum Gasteiger partial charge on any atom is -0.207 e. The summed E-state index contributed by atoms with van der Waals surface area (Å²) in [6, 6.07) is 6.48. The zero-order chi connectivity index (χ0) is 13.9. The zero-order valence-corrected chi connectivity index (χ0v) is 13.9. The van der Waals surface area contributed by atoms with Crippen molar-refractivity contribution in [3.8, 4) is 6.07 Å². The van der Waals surface area contributed by atoms with E-state index in [0.29, 0.717) is 4.47 Å². The van der Waals surface area contributed by atoms with Crippen molar-refractivity contribution in [2.24, 2.45) is 0 Å². The molecule has 1 aromatic carbocycles. The number of nitrogens with zero attached hydrogens (tertiary/aromatic N) is 2. The molecule has 1 atom stereocenters. The second-order valence-corrected chi connectivity index (χ2v) is 7.54. The summed E-state index contributed by atoms with van der Waals surface area (Å²) < 4.78 is 27.2. The monoisotopic (exact) mass is 394 g/mol. The van der Waals surface area contributed by atoms with Crippen LogP contribution in [0.3, 0.4) is 0 Å². The van der Waals surface area contributed by atoms with Gasteiger partial charge in [-0.25, -0.2) is 8.42 Å². The number of rotatable bonds is 4. The van der Waals surface area contributed by atoms with Gasteiger partial charge in [-0.3, -0.25) is 0 Å². The number of benzene rings is 1. The van der Waals surface area contributed by atoms with Gasteiger partial charge in [0, 0.05) is 22.0 Å². The second kappa shape index (κ2) is 6.15. The van der Waals surface area contributed by atoms with Crippen molar-refractivity contribution >= 4 is 41.9 Å². The van der Waals surface area contributed by atoms with Crippen molar-refractivity contribution in [3.63, 3.8) is 0 Å². The molecule has 4 nitrogen and oxygen atoms in total. The van der Waals surface area contributed by atoms with Crippen molar-refractivity contribution in [2.45, 2.75) is 24.3 Å². The summed E-state index contributed by atoms with van der Waals surface area (Å²) in [5.41, 5.74) is 0. The maximum Gasteiger partial charge on any atom is 0.244 e. The molecule has 0 heterocycles. The molecule has 7 heteroatoms. The van der Waals surface area contributed by atoms with Crippen molar-refractivity contribution in [1.82, 2.24) is 4.31 Å². The average Bonchev–Trinajstić information content (AvgIpc) is 2.27. The first-order chi connectivity index (χ1) is 8.30. The number of hydrogen-bond donors (Lipinski definition) is 0. The van der Waals surface area contributed by atoms with E-state index in [1.165, 1.54) is 17.4 Å². The zero-order valence-electron chi connectivity index (χ0n) is 9.89. The summed E-state index contributed by atoms with van der Waals surface area (Å²) in [4.78, 5) is 0.193. The predicted octanol–water partition coefficient (Wildman–Crippen LogP) is 3.13. The largest absolute Gasteiger partial charge is 0.244 e. The smallest absolute Gasteiger partial charge is 0.207 e. The lowest BCUT2D eigenvalue weighted by Crippen LogP contribution is -2.35. The molecule has 0 aliphatic rings. The molecule has 0 radical (unpaired) electrons. The molecule has 1 aromatic rings. The lowest BCUT2D eigenvalue weighted by Gasteiger charge is -2.23. The third kappa shape index (κ3) is 3.32. The first kappa shape index (κ1) is 15.6. The van der Waals surface area contributed by atoms with Crippen LogP contribution in [-0.4, -0.2) is 25.8 Å². The lowest BCUT2D eigenvalue weighted by molar-refractivity contribution is 0.393. The van der Waals surface area contributed by atoms with E-state index in [1.807, 2.05) is 6.07 Å². The van der Waals surface area contributed by atoms with Gasteiger partial charge in [0.1, 0.15) is 0 Å². The summed E-state index contributed by atoms with van der Waals surface area (Å²) in [6.45, 7) is 1.70. The highest BCUT2D eigenvalue weighted by molar-refractivity contribution is 9.11. The van der Waals surface area contributed by atoms with Crippen LogP contribution in [0.25, 0.3) is 0 Å². The first-order valence-electron chi connectivity index (χ1n) is 5.10. The molecule has 0 saturated heterocycles. The van der Waals surface area contributed by atoms with Crippen LogP contribution in [0.1, 0.15) is 13.3 Å². The fourth-order valence-electron chi connectivity index (χ4n) is 1.34. The van der Waals surface area contributed by atoms with Gasteiger partial charge in [0.2, 0.25) is 10.0 Å². The van der Waals surface area contributed by atoms with Gasteiger partial charge in [0.05, 0.1) is 17.4 Å². The highest BCUT2D eigenvalue weighted by atomic mass is 79.9. The minimum atomic E-state index is -3.59.